The van der Waals surface area contributed by atoms with Crippen LogP contribution in [0.2, 0.25) is 0 Å². The summed E-state index contributed by atoms with van der Waals surface area (Å²) in [5.74, 6) is 0. The molecule has 0 radical (unpaired) electrons. The summed E-state index contributed by atoms with van der Waals surface area (Å²) in [6.07, 6.45) is 8.74. The van der Waals surface area contributed by atoms with Crippen LogP contribution in [0.25, 0.3) is 0 Å². The van der Waals surface area contributed by atoms with Crippen molar-refractivity contribution in [1.82, 2.24) is 0 Å². The number of hydrogen-bond donors (Lipinski definition) is 0. The zero-order chi connectivity index (χ0) is 8.53. The Morgan fingerprint density at radius 2 is 2.27 bits per heavy atom. The number of ether oxygens (including phenoxy) is 1. The summed E-state index contributed by atoms with van der Waals surface area (Å²) in [7, 11) is 0. The van der Waals surface area contributed by atoms with Crippen LogP contribution in [0.5, 0.6) is 0 Å². The summed E-state index contributed by atoms with van der Waals surface area (Å²) >= 11 is 0. The first-order valence-electron chi connectivity index (χ1n) is 4.06. The average molecular weight is 153 g/mol. The number of unbranched alkanes of at least 4 members (excludes halogenated alkanes) is 1. The molecule has 0 aromatic heterocycles. The summed E-state index contributed by atoms with van der Waals surface area (Å²) in [5.41, 5.74) is 0. The molecule has 0 N–H and O–H groups in total. The average Bonchev–Trinajstić information content (AvgIpc) is 2.03. The van der Waals surface area contributed by atoms with Crippen molar-refractivity contribution in [2.24, 2.45) is 0 Å². The molecule has 0 aliphatic carbocycles. The second kappa shape index (κ2) is 7.14. The molecule has 2 heteroatoms. The van der Waals surface area contributed by atoms with Gasteiger partial charge in [0.05, 0.1) is 0 Å². The van der Waals surface area contributed by atoms with Crippen LogP contribution in [0.15, 0.2) is 12.2 Å². The molecule has 0 fully saturated rings. The number of hydrogen-bond acceptors (Lipinski definition) is 2. The highest BCUT2D eigenvalue weighted by Crippen LogP contribution is 2.00. The monoisotopic (exact) mass is 153 g/mol. The second-order valence-corrected chi connectivity index (χ2v) is 2.37. The number of allylic oxidation sites excluding steroid dienone is 1. The van der Waals surface area contributed by atoms with Crippen LogP contribution in [0, 0.1) is 11.5 Å². The van der Waals surface area contributed by atoms with Crippen molar-refractivity contribution in [3.63, 3.8) is 0 Å². The standard InChI is InChI=1S/C9H15NO/c1-3-5-6-7-9(4-2)11-8-10/h6-7,9H,3-5H2,1-2H3/b7-6+. The molecule has 0 aliphatic heterocycles. The van der Waals surface area contributed by atoms with E-state index in [1.807, 2.05) is 13.0 Å². The van der Waals surface area contributed by atoms with Crippen molar-refractivity contribution < 1.29 is 4.74 Å². The summed E-state index contributed by atoms with van der Waals surface area (Å²) in [6, 6.07) is 0. The van der Waals surface area contributed by atoms with Gasteiger partial charge < -0.3 is 4.74 Å². The lowest BCUT2D eigenvalue weighted by molar-refractivity contribution is 0.201. The molecule has 2 nitrogen and oxygen atoms in total. The minimum absolute atomic E-state index is 0.0217. The Morgan fingerprint density at radius 3 is 2.73 bits per heavy atom. The van der Waals surface area contributed by atoms with Gasteiger partial charge in [0.2, 0.25) is 0 Å². The molecule has 0 aromatic rings. The lowest BCUT2D eigenvalue weighted by Gasteiger charge is -2.03. The molecule has 1 unspecified atom stereocenters. The SMILES string of the molecule is CCC/C=C/C(CC)OC#N. The van der Waals surface area contributed by atoms with Crippen molar-refractivity contribution in [2.75, 3.05) is 0 Å². The smallest absolute Gasteiger partial charge is 0.286 e. The van der Waals surface area contributed by atoms with Crippen LogP contribution < -0.4 is 0 Å². The van der Waals surface area contributed by atoms with Gasteiger partial charge in [0.15, 0.2) is 0 Å². The fourth-order valence-corrected chi connectivity index (χ4v) is 0.741. The summed E-state index contributed by atoms with van der Waals surface area (Å²) in [6.45, 7) is 4.12. The first-order valence-corrected chi connectivity index (χ1v) is 4.06. The van der Waals surface area contributed by atoms with E-state index in [0.717, 1.165) is 19.3 Å². The van der Waals surface area contributed by atoms with Crippen LogP contribution in [0.4, 0.5) is 0 Å². The van der Waals surface area contributed by atoms with Crippen LogP contribution in [-0.4, -0.2) is 6.10 Å². The molecule has 0 rings (SSSR count). The normalized spacial score (nSPS) is 12.8. The van der Waals surface area contributed by atoms with Crippen LogP contribution in [-0.2, 0) is 4.74 Å². The molecular weight excluding hydrogens is 138 g/mol. The van der Waals surface area contributed by atoms with Gasteiger partial charge in [-0.1, -0.05) is 26.3 Å². The van der Waals surface area contributed by atoms with E-state index < -0.39 is 0 Å². The highest BCUT2D eigenvalue weighted by atomic mass is 16.5. The highest BCUT2D eigenvalue weighted by Gasteiger charge is 1.98. The van der Waals surface area contributed by atoms with Gasteiger partial charge in [0, 0.05) is 0 Å². The van der Waals surface area contributed by atoms with Gasteiger partial charge >= 0.3 is 0 Å². The van der Waals surface area contributed by atoms with Gasteiger partial charge in [-0.15, -0.1) is 0 Å². The topological polar surface area (TPSA) is 33.0 Å². The lowest BCUT2D eigenvalue weighted by atomic mass is 10.2. The minimum atomic E-state index is -0.0217. The van der Waals surface area contributed by atoms with Gasteiger partial charge in [-0.25, -0.2) is 0 Å². The third-order valence-corrected chi connectivity index (χ3v) is 1.41. The van der Waals surface area contributed by atoms with E-state index >= 15 is 0 Å². The maximum Gasteiger partial charge on any atom is 0.286 e. The summed E-state index contributed by atoms with van der Waals surface area (Å²) < 4.78 is 4.76. The fraction of sp³-hybridized carbons (Fsp3) is 0.667. The Labute approximate surface area is 68.5 Å². The van der Waals surface area contributed by atoms with E-state index in [0.29, 0.717) is 0 Å². The molecule has 1 atom stereocenters. The van der Waals surface area contributed by atoms with Crippen LogP contribution in [0.1, 0.15) is 33.1 Å². The molecule has 11 heavy (non-hydrogen) atoms. The molecule has 0 saturated heterocycles. The second-order valence-electron chi connectivity index (χ2n) is 2.37. The Bertz CT molecular complexity index is 146. The molecule has 0 saturated carbocycles. The third kappa shape index (κ3) is 5.47. The van der Waals surface area contributed by atoms with Crippen molar-refractivity contribution in [3.05, 3.63) is 12.2 Å². The van der Waals surface area contributed by atoms with Crippen LogP contribution >= 0.6 is 0 Å². The molecule has 0 bridgehead atoms. The quantitative estimate of drug-likeness (QED) is 0.449. The van der Waals surface area contributed by atoms with E-state index in [1.165, 1.54) is 0 Å². The van der Waals surface area contributed by atoms with Crippen molar-refractivity contribution in [2.45, 2.75) is 39.2 Å². The Kier molecular flexibility index (Phi) is 6.51. The lowest BCUT2D eigenvalue weighted by Crippen LogP contribution is -2.03. The first-order chi connectivity index (χ1) is 5.35. The number of rotatable bonds is 5. The van der Waals surface area contributed by atoms with E-state index in [2.05, 4.69) is 13.0 Å². The predicted octanol–water partition coefficient (Wildman–Crippen LogP) is 2.62. The molecule has 0 aromatic carbocycles. The van der Waals surface area contributed by atoms with E-state index in [1.54, 1.807) is 6.26 Å². The highest BCUT2D eigenvalue weighted by molar-refractivity contribution is 4.89. The molecule has 0 amide bonds. The molecular formula is C9H15NO. The largest absolute Gasteiger partial charge is 0.420 e. The number of nitrogens with zero attached hydrogens (tertiary/aromatic N) is 1. The van der Waals surface area contributed by atoms with Gasteiger partial charge in [0.25, 0.3) is 6.26 Å². The zero-order valence-electron chi connectivity index (χ0n) is 7.21. The van der Waals surface area contributed by atoms with Gasteiger partial charge in [-0.05, 0) is 18.9 Å². The Morgan fingerprint density at radius 1 is 1.55 bits per heavy atom. The Hall–Kier alpha value is -0.970. The molecule has 62 valence electrons. The fourth-order valence-electron chi connectivity index (χ4n) is 0.741. The maximum absolute atomic E-state index is 8.22. The summed E-state index contributed by atoms with van der Waals surface area (Å²) in [4.78, 5) is 0. The van der Waals surface area contributed by atoms with E-state index in [9.17, 15) is 0 Å². The third-order valence-electron chi connectivity index (χ3n) is 1.41. The molecule has 0 spiro atoms. The summed E-state index contributed by atoms with van der Waals surface area (Å²) in [5, 5.41) is 8.22. The van der Waals surface area contributed by atoms with E-state index in [-0.39, 0.29) is 6.10 Å². The van der Waals surface area contributed by atoms with Gasteiger partial charge in [-0.2, -0.15) is 5.26 Å². The Balaban J connectivity index is 3.59. The maximum atomic E-state index is 8.22. The van der Waals surface area contributed by atoms with E-state index in [4.69, 9.17) is 10.00 Å². The van der Waals surface area contributed by atoms with Crippen molar-refractivity contribution in [1.29, 1.82) is 5.26 Å². The van der Waals surface area contributed by atoms with Crippen molar-refractivity contribution >= 4 is 0 Å². The van der Waals surface area contributed by atoms with Crippen LogP contribution in [0.3, 0.4) is 0 Å². The molecule has 0 aliphatic rings. The van der Waals surface area contributed by atoms with Gasteiger partial charge in [-0.3, -0.25) is 0 Å². The number of nitriles is 1. The van der Waals surface area contributed by atoms with Gasteiger partial charge in [0.1, 0.15) is 6.10 Å². The molecule has 0 heterocycles. The predicted molar refractivity (Wildman–Crippen MR) is 44.8 cm³/mol. The van der Waals surface area contributed by atoms with Crippen molar-refractivity contribution in [3.8, 4) is 6.26 Å². The zero-order valence-corrected chi connectivity index (χ0v) is 7.21. The minimum Gasteiger partial charge on any atom is -0.420 e. The first kappa shape index (κ1) is 10.0.